The number of carboxylic acid groups (broad SMARTS) is 2. The SMILES string of the molecule is CC(C)(CO)CO.CC1(C(=O)O)C=CC=C(C(=O)O)C1. The van der Waals surface area contributed by atoms with Gasteiger partial charge in [0, 0.05) is 11.0 Å². The van der Waals surface area contributed by atoms with Crippen molar-refractivity contribution < 1.29 is 30.0 Å². The summed E-state index contributed by atoms with van der Waals surface area (Å²) in [6, 6.07) is 0. The van der Waals surface area contributed by atoms with E-state index in [9.17, 15) is 9.59 Å². The second-order valence-corrected chi connectivity index (χ2v) is 5.74. The molecule has 0 aromatic heterocycles. The molecule has 114 valence electrons. The molecule has 0 heterocycles. The third kappa shape index (κ3) is 5.54. The van der Waals surface area contributed by atoms with Gasteiger partial charge in [-0.3, -0.25) is 4.79 Å². The minimum atomic E-state index is -1.08. The lowest BCUT2D eigenvalue weighted by atomic mass is 9.80. The van der Waals surface area contributed by atoms with Crippen molar-refractivity contribution in [3.05, 3.63) is 23.8 Å². The van der Waals surface area contributed by atoms with Crippen molar-refractivity contribution in [2.75, 3.05) is 13.2 Å². The number of rotatable bonds is 4. The molecule has 0 saturated carbocycles. The first-order valence-corrected chi connectivity index (χ1v) is 6.15. The van der Waals surface area contributed by atoms with E-state index < -0.39 is 17.4 Å². The van der Waals surface area contributed by atoms with Crippen molar-refractivity contribution in [1.82, 2.24) is 0 Å². The van der Waals surface area contributed by atoms with Gasteiger partial charge in [-0.15, -0.1) is 0 Å². The first-order chi connectivity index (χ1) is 9.08. The van der Waals surface area contributed by atoms with Crippen LogP contribution in [0.1, 0.15) is 27.2 Å². The molecule has 0 spiro atoms. The number of hydrogen-bond acceptors (Lipinski definition) is 4. The number of allylic oxidation sites excluding steroid dienone is 2. The smallest absolute Gasteiger partial charge is 0.331 e. The van der Waals surface area contributed by atoms with Gasteiger partial charge in [0.2, 0.25) is 0 Å². The van der Waals surface area contributed by atoms with E-state index in [0.29, 0.717) is 0 Å². The van der Waals surface area contributed by atoms with Crippen LogP contribution in [0.3, 0.4) is 0 Å². The molecule has 20 heavy (non-hydrogen) atoms. The first kappa shape index (κ1) is 18.3. The number of aliphatic hydroxyl groups excluding tert-OH is 2. The monoisotopic (exact) mass is 286 g/mol. The minimum Gasteiger partial charge on any atom is -0.481 e. The Balaban J connectivity index is 0.000000441. The van der Waals surface area contributed by atoms with Crippen LogP contribution in [0, 0.1) is 10.8 Å². The summed E-state index contributed by atoms with van der Waals surface area (Å²) in [4.78, 5) is 21.3. The Labute approximate surface area is 118 Å². The van der Waals surface area contributed by atoms with E-state index in [1.165, 1.54) is 25.2 Å². The lowest BCUT2D eigenvalue weighted by Crippen LogP contribution is -2.28. The zero-order chi connectivity index (χ0) is 16.0. The van der Waals surface area contributed by atoms with Crippen molar-refractivity contribution in [1.29, 1.82) is 0 Å². The average Bonchev–Trinajstić information content (AvgIpc) is 2.39. The van der Waals surface area contributed by atoms with Gasteiger partial charge < -0.3 is 20.4 Å². The Kier molecular flexibility index (Phi) is 6.61. The Morgan fingerprint density at radius 2 is 1.75 bits per heavy atom. The number of aliphatic carboxylic acids is 2. The summed E-state index contributed by atoms with van der Waals surface area (Å²) in [5.74, 6) is -2.06. The van der Waals surface area contributed by atoms with Gasteiger partial charge in [-0.05, 0) is 13.3 Å². The van der Waals surface area contributed by atoms with E-state index in [1.54, 1.807) is 13.8 Å². The van der Waals surface area contributed by atoms with Gasteiger partial charge in [-0.2, -0.15) is 0 Å². The van der Waals surface area contributed by atoms with Crippen LogP contribution in [0.2, 0.25) is 0 Å². The molecular formula is C14H22O6. The molecule has 0 aromatic carbocycles. The third-order valence-corrected chi connectivity index (χ3v) is 2.94. The van der Waals surface area contributed by atoms with Gasteiger partial charge in [-0.1, -0.05) is 32.1 Å². The zero-order valence-electron chi connectivity index (χ0n) is 12.0. The number of carbonyl (C=O) groups is 2. The normalized spacial score (nSPS) is 21.6. The van der Waals surface area contributed by atoms with Crippen LogP contribution in [-0.2, 0) is 9.59 Å². The second kappa shape index (κ2) is 7.21. The summed E-state index contributed by atoms with van der Waals surface area (Å²) in [6.45, 7) is 5.19. The molecule has 0 fully saturated rings. The molecule has 6 heteroatoms. The first-order valence-electron chi connectivity index (χ1n) is 6.15. The summed E-state index contributed by atoms with van der Waals surface area (Å²) in [5, 5.41) is 34.4. The number of hydrogen-bond donors (Lipinski definition) is 4. The van der Waals surface area contributed by atoms with Crippen LogP contribution in [0.15, 0.2) is 23.8 Å². The van der Waals surface area contributed by atoms with Gasteiger partial charge in [0.05, 0.1) is 18.6 Å². The molecule has 0 bridgehead atoms. The molecule has 0 aliphatic heterocycles. The van der Waals surface area contributed by atoms with Gasteiger partial charge in [0.15, 0.2) is 0 Å². The Morgan fingerprint density at radius 3 is 2.05 bits per heavy atom. The fraction of sp³-hybridized carbons (Fsp3) is 0.571. The molecule has 1 aliphatic rings. The predicted octanol–water partition coefficient (Wildman–Crippen LogP) is 1.05. The van der Waals surface area contributed by atoms with Crippen molar-refractivity contribution in [3.8, 4) is 0 Å². The average molecular weight is 286 g/mol. The largest absolute Gasteiger partial charge is 0.481 e. The predicted molar refractivity (Wildman–Crippen MR) is 73.2 cm³/mol. The van der Waals surface area contributed by atoms with E-state index in [2.05, 4.69) is 0 Å². The van der Waals surface area contributed by atoms with Gasteiger partial charge in [0.1, 0.15) is 0 Å². The van der Waals surface area contributed by atoms with Crippen molar-refractivity contribution in [2.45, 2.75) is 27.2 Å². The summed E-state index contributed by atoms with van der Waals surface area (Å²) in [5.41, 5.74) is -1.25. The standard InChI is InChI=1S/C9H10O4.C5H12O2/c1-9(8(12)13)4-2-3-6(5-9)7(10)11;1-5(2,3-6)4-7/h2-4H,5H2,1H3,(H,10,11)(H,12,13);6-7H,3-4H2,1-2H3. The highest BCUT2D eigenvalue weighted by Gasteiger charge is 2.34. The van der Waals surface area contributed by atoms with Crippen LogP contribution < -0.4 is 0 Å². The lowest BCUT2D eigenvalue weighted by Gasteiger charge is -2.23. The van der Waals surface area contributed by atoms with Gasteiger partial charge in [0.25, 0.3) is 0 Å². The van der Waals surface area contributed by atoms with Crippen LogP contribution >= 0.6 is 0 Å². The Morgan fingerprint density at radius 1 is 1.25 bits per heavy atom. The molecule has 0 amide bonds. The van der Waals surface area contributed by atoms with Crippen molar-refractivity contribution in [3.63, 3.8) is 0 Å². The summed E-state index contributed by atoms with van der Waals surface area (Å²) in [7, 11) is 0. The highest BCUT2D eigenvalue weighted by atomic mass is 16.4. The summed E-state index contributed by atoms with van der Waals surface area (Å²) < 4.78 is 0. The van der Waals surface area contributed by atoms with E-state index in [-0.39, 0.29) is 30.6 Å². The van der Waals surface area contributed by atoms with Crippen molar-refractivity contribution >= 4 is 11.9 Å². The molecule has 0 saturated heterocycles. The lowest BCUT2D eigenvalue weighted by molar-refractivity contribution is -0.145. The van der Waals surface area contributed by atoms with E-state index in [4.69, 9.17) is 20.4 Å². The molecular weight excluding hydrogens is 264 g/mol. The molecule has 0 radical (unpaired) electrons. The topological polar surface area (TPSA) is 115 Å². The molecule has 0 aromatic rings. The van der Waals surface area contributed by atoms with Gasteiger partial charge in [-0.25, -0.2) is 4.79 Å². The van der Waals surface area contributed by atoms with Crippen LogP contribution in [0.25, 0.3) is 0 Å². The van der Waals surface area contributed by atoms with E-state index in [0.717, 1.165) is 0 Å². The molecule has 1 rings (SSSR count). The molecule has 1 atom stereocenters. The Hall–Kier alpha value is -1.66. The minimum absolute atomic E-state index is 0.0359. The quantitative estimate of drug-likeness (QED) is 0.614. The summed E-state index contributed by atoms with van der Waals surface area (Å²) in [6.07, 6.45) is 4.43. The fourth-order valence-corrected chi connectivity index (χ4v) is 1.23. The molecule has 6 nitrogen and oxygen atoms in total. The van der Waals surface area contributed by atoms with E-state index >= 15 is 0 Å². The van der Waals surface area contributed by atoms with Crippen molar-refractivity contribution in [2.24, 2.45) is 10.8 Å². The number of aliphatic hydroxyl groups is 2. The fourth-order valence-electron chi connectivity index (χ4n) is 1.23. The highest BCUT2D eigenvalue weighted by Crippen LogP contribution is 2.31. The maximum Gasteiger partial charge on any atom is 0.331 e. The van der Waals surface area contributed by atoms with Crippen LogP contribution in [0.4, 0.5) is 0 Å². The summed E-state index contributed by atoms with van der Waals surface area (Å²) >= 11 is 0. The van der Waals surface area contributed by atoms with E-state index in [1.807, 2.05) is 0 Å². The van der Waals surface area contributed by atoms with Gasteiger partial charge >= 0.3 is 11.9 Å². The highest BCUT2D eigenvalue weighted by molar-refractivity contribution is 5.90. The maximum absolute atomic E-state index is 10.8. The zero-order valence-corrected chi connectivity index (χ0v) is 12.0. The van der Waals surface area contributed by atoms with Crippen LogP contribution in [-0.4, -0.2) is 45.6 Å². The molecule has 1 aliphatic carbocycles. The third-order valence-electron chi connectivity index (χ3n) is 2.94. The molecule has 1 unspecified atom stereocenters. The second-order valence-electron chi connectivity index (χ2n) is 5.74. The number of carboxylic acids is 2. The molecule has 4 N–H and O–H groups in total. The van der Waals surface area contributed by atoms with Crippen LogP contribution in [0.5, 0.6) is 0 Å². The maximum atomic E-state index is 10.8. The Bertz CT molecular complexity index is 415.